The van der Waals surface area contributed by atoms with Gasteiger partial charge in [0.25, 0.3) is 5.91 Å². The van der Waals surface area contributed by atoms with E-state index in [0.29, 0.717) is 16.1 Å². The highest BCUT2D eigenvalue weighted by Gasteiger charge is 2.28. The Labute approximate surface area is 146 Å². The number of hydrogen-bond donors (Lipinski definition) is 0. The molecule has 0 N–H and O–H groups in total. The van der Waals surface area contributed by atoms with Crippen LogP contribution in [-0.2, 0) is 0 Å². The fraction of sp³-hybridized carbons (Fsp3) is 0.444. The first-order valence-corrected chi connectivity index (χ1v) is 9.26. The lowest BCUT2D eigenvalue weighted by Crippen LogP contribution is -2.38. The number of piperidine rings is 1. The maximum absolute atomic E-state index is 12.8. The van der Waals surface area contributed by atoms with Crippen LogP contribution >= 0.6 is 22.9 Å². The van der Waals surface area contributed by atoms with Crippen LogP contribution in [0.5, 0.6) is 0 Å². The molecule has 1 aliphatic rings. The first-order valence-electron chi connectivity index (χ1n) is 8.06. The predicted molar refractivity (Wildman–Crippen MR) is 95.5 cm³/mol. The second kappa shape index (κ2) is 7.02. The maximum Gasteiger partial charge on any atom is 0.273 e. The molecule has 0 aliphatic carbocycles. The maximum atomic E-state index is 12.8. The zero-order valence-corrected chi connectivity index (χ0v) is 15.0. The number of carbonyl (C=O) groups is 1. The number of likely N-dealkylation sites (tertiary alicyclic amines) is 1. The van der Waals surface area contributed by atoms with Gasteiger partial charge in [-0.2, -0.15) is 0 Å². The number of hydrogen-bond acceptors (Lipinski definition) is 3. The topological polar surface area (TPSA) is 33.2 Å². The van der Waals surface area contributed by atoms with Crippen molar-refractivity contribution >= 4 is 28.8 Å². The molecule has 122 valence electrons. The van der Waals surface area contributed by atoms with Crippen molar-refractivity contribution in [1.29, 1.82) is 0 Å². The average molecular weight is 349 g/mol. The van der Waals surface area contributed by atoms with Crippen LogP contribution in [0.1, 0.15) is 59.5 Å². The molecule has 5 heteroatoms. The Morgan fingerprint density at radius 1 is 1.26 bits per heavy atom. The quantitative estimate of drug-likeness (QED) is 0.787. The van der Waals surface area contributed by atoms with Crippen LogP contribution in [0.3, 0.4) is 0 Å². The highest BCUT2D eigenvalue weighted by molar-refractivity contribution is 7.16. The van der Waals surface area contributed by atoms with E-state index in [9.17, 15) is 4.79 Å². The number of amides is 1. The standard InChI is InChI=1S/C18H21ClN2OS/c1-12(2)16-15(20-18(19)23-16)17(22)21-10-8-14(9-11-21)13-6-4-3-5-7-13/h3-7,12,14H,8-11H2,1-2H3. The fourth-order valence-electron chi connectivity index (χ4n) is 3.14. The third kappa shape index (κ3) is 3.59. The molecule has 0 unspecified atom stereocenters. The summed E-state index contributed by atoms with van der Waals surface area (Å²) < 4.78 is 0.455. The van der Waals surface area contributed by atoms with E-state index in [1.165, 1.54) is 16.9 Å². The molecule has 0 bridgehead atoms. The summed E-state index contributed by atoms with van der Waals surface area (Å²) in [6.45, 7) is 5.71. The number of halogens is 1. The van der Waals surface area contributed by atoms with Crippen molar-refractivity contribution in [2.24, 2.45) is 0 Å². The van der Waals surface area contributed by atoms with Crippen molar-refractivity contribution in [3.8, 4) is 0 Å². The van der Waals surface area contributed by atoms with E-state index in [-0.39, 0.29) is 11.8 Å². The van der Waals surface area contributed by atoms with Gasteiger partial charge in [0.1, 0.15) is 5.69 Å². The van der Waals surface area contributed by atoms with E-state index >= 15 is 0 Å². The second-order valence-electron chi connectivity index (χ2n) is 6.31. The molecule has 1 saturated heterocycles. The van der Waals surface area contributed by atoms with Gasteiger partial charge in [-0.05, 0) is 30.2 Å². The summed E-state index contributed by atoms with van der Waals surface area (Å²) in [6, 6.07) is 10.6. The highest BCUT2D eigenvalue weighted by Crippen LogP contribution is 2.32. The van der Waals surface area contributed by atoms with Gasteiger partial charge in [-0.25, -0.2) is 4.98 Å². The predicted octanol–water partition coefficient (Wildman–Crippen LogP) is 4.94. The normalized spacial score (nSPS) is 16.1. The van der Waals surface area contributed by atoms with Gasteiger partial charge in [-0.3, -0.25) is 4.79 Å². The molecule has 1 amide bonds. The second-order valence-corrected chi connectivity index (χ2v) is 7.92. The van der Waals surface area contributed by atoms with Gasteiger partial charge in [-0.1, -0.05) is 55.8 Å². The van der Waals surface area contributed by atoms with Crippen LogP contribution in [0.4, 0.5) is 0 Å². The van der Waals surface area contributed by atoms with E-state index in [2.05, 4.69) is 43.1 Å². The minimum Gasteiger partial charge on any atom is -0.337 e. The number of benzene rings is 1. The molecule has 23 heavy (non-hydrogen) atoms. The molecule has 1 fully saturated rings. The van der Waals surface area contributed by atoms with Gasteiger partial charge in [0.2, 0.25) is 0 Å². The van der Waals surface area contributed by atoms with Crippen molar-refractivity contribution in [3.05, 3.63) is 50.9 Å². The largest absolute Gasteiger partial charge is 0.337 e. The molecular formula is C18H21ClN2OS. The van der Waals surface area contributed by atoms with Crippen LogP contribution in [-0.4, -0.2) is 28.9 Å². The summed E-state index contributed by atoms with van der Waals surface area (Å²) >= 11 is 7.45. The van der Waals surface area contributed by atoms with E-state index < -0.39 is 0 Å². The number of carbonyl (C=O) groups excluding carboxylic acids is 1. The minimum atomic E-state index is 0.0309. The lowest BCUT2D eigenvalue weighted by atomic mass is 9.89. The Morgan fingerprint density at radius 3 is 2.52 bits per heavy atom. The fourth-order valence-corrected chi connectivity index (χ4v) is 4.26. The Bertz CT molecular complexity index is 676. The number of aromatic nitrogens is 1. The monoisotopic (exact) mass is 348 g/mol. The summed E-state index contributed by atoms with van der Waals surface area (Å²) in [6.07, 6.45) is 2.01. The van der Waals surface area contributed by atoms with Crippen molar-refractivity contribution in [3.63, 3.8) is 0 Å². The van der Waals surface area contributed by atoms with Gasteiger partial charge in [-0.15, -0.1) is 11.3 Å². The first-order chi connectivity index (χ1) is 11.1. The Kier molecular flexibility index (Phi) is 5.02. The lowest BCUT2D eigenvalue weighted by Gasteiger charge is -2.32. The summed E-state index contributed by atoms with van der Waals surface area (Å²) in [7, 11) is 0. The number of nitrogens with zero attached hydrogens (tertiary/aromatic N) is 2. The SMILES string of the molecule is CC(C)c1sc(Cl)nc1C(=O)N1CCC(c2ccccc2)CC1. The van der Waals surface area contributed by atoms with Gasteiger partial charge in [0.05, 0.1) is 0 Å². The molecular weight excluding hydrogens is 328 g/mol. The molecule has 2 aromatic rings. The summed E-state index contributed by atoms with van der Waals surface area (Å²) in [5.74, 6) is 0.841. The third-order valence-electron chi connectivity index (χ3n) is 4.41. The van der Waals surface area contributed by atoms with Crippen LogP contribution in [0.15, 0.2) is 30.3 Å². The van der Waals surface area contributed by atoms with Gasteiger partial charge in [0, 0.05) is 18.0 Å². The molecule has 0 atom stereocenters. The molecule has 3 rings (SSSR count). The lowest BCUT2D eigenvalue weighted by molar-refractivity contribution is 0.0706. The van der Waals surface area contributed by atoms with E-state index in [0.717, 1.165) is 30.8 Å². The summed E-state index contributed by atoms with van der Waals surface area (Å²) in [5.41, 5.74) is 1.92. The first kappa shape index (κ1) is 16.5. The summed E-state index contributed by atoms with van der Waals surface area (Å²) in [4.78, 5) is 20.0. The molecule has 0 saturated carbocycles. The van der Waals surface area contributed by atoms with Crippen LogP contribution in [0, 0.1) is 0 Å². The molecule has 0 spiro atoms. The third-order valence-corrected chi connectivity index (χ3v) is 5.87. The smallest absolute Gasteiger partial charge is 0.273 e. The van der Waals surface area contributed by atoms with Crippen molar-refractivity contribution < 1.29 is 4.79 Å². The van der Waals surface area contributed by atoms with Crippen LogP contribution in [0.2, 0.25) is 4.47 Å². The minimum absolute atomic E-state index is 0.0309. The Hall–Kier alpha value is -1.39. The van der Waals surface area contributed by atoms with Gasteiger partial charge < -0.3 is 4.90 Å². The Balaban J connectivity index is 1.69. The van der Waals surface area contributed by atoms with Crippen molar-refractivity contribution in [1.82, 2.24) is 9.88 Å². The Morgan fingerprint density at radius 2 is 1.91 bits per heavy atom. The number of rotatable bonds is 3. The molecule has 1 aromatic heterocycles. The zero-order chi connectivity index (χ0) is 16.4. The molecule has 3 nitrogen and oxygen atoms in total. The highest BCUT2D eigenvalue weighted by atomic mass is 35.5. The molecule has 2 heterocycles. The van der Waals surface area contributed by atoms with Crippen molar-refractivity contribution in [2.75, 3.05) is 13.1 Å². The summed E-state index contributed by atoms with van der Waals surface area (Å²) in [5, 5.41) is 0. The molecule has 0 radical (unpaired) electrons. The van der Waals surface area contributed by atoms with E-state index in [4.69, 9.17) is 11.6 Å². The molecule has 1 aliphatic heterocycles. The zero-order valence-electron chi connectivity index (χ0n) is 13.5. The molecule has 1 aromatic carbocycles. The van der Waals surface area contributed by atoms with Crippen LogP contribution in [0.25, 0.3) is 0 Å². The van der Waals surface area contributed by atoms with Crippen LogP contribution < -0.4 is 0 Å². The van der Waals surface area contributed by atoms with Gasteiger partial charge >= 0.3 is 0 Å². The van der Waals surface area contributed by atoms with E-state index in [1.807, 2.05) is 11.0 Å². The van der Waals surface area contributed by atoms with E-state index in [1.54, 1.807) is 0 Å². The average Bonchev–Trinajstić information content (AvgIpc) is 2.97. The van der Waals surface area contributed by atoms with Crippen molar-refractivity contribution in [2.45, 2.75) is 38.5 Å². The van der Waals surface area contributed by atoms with Gasteiger partial charge in [0.15, 0.2) is 4.47 Å². The number of thiazole rings is 1.